The lowest BCUT2D eigenvalue weighted by molar-refractivity contribution is -0.148. The van der Waals surface area contributed by atoms with E-state index in [0.29, 0.717) is 13.0 Å². The maximum Gasteiger partial charge on any atom is 0.306 e. The Hall–Kier alpha value is -1.17. The maximum atomic E-state index is 12.0. The van der Waals surface area contributed by atoms with Crippen LogP contribution in [0.25, 0.3) is 0 Å². The van der Waals surface area contributed by atoms with E-state index < -0.39 is 0 Å². The van der Waals surface area contributed by atoms with Gasteiger partial charge in [-0.15, -0.1) is 24.0 Å². The summed E-state index contributed by atoms with van der Waals surface area (Å²) in [6.07, 6.45) is 6.62. The molecule has 1 aliphatic heterocycles. The number of esters is 1. The van der Waals surface area contributed by atoms with Gasteiger partial charge in [-0.25, -0.2) is 4.98 Å². The zero-order valence-electron chi connectivity index (χ0n) is 18.1. The molecule has 3 rings (SSSR count). The van der Waals surface area contributed by atoms with Crippen molar-refractivity contribution in [1.82, 2.24) is 19.6 Å². The number of carbonyl (C=O) groups excluding carboxylic acids is 1. The molecule has 30 heavy (non-hydrogen) atoms. The van der Waals surface area contributed by atoms with Crippen LogP contribution in [0.15, 0.2) is 4.99 Å². The Morgan fingerprint density at radius 2 is 1.97 bits per heavy atom. The van der Waals surface area contributed by atoms with Gasteiger partial charge < -0.3 is 19.9 Å². The first kappa shape index (κ1) is 25.1. The zero-order valence-corrected chi connectivity index (χ0v) is 21.3. The van der Waals surface area contributed by atoms with Crippen molar-refractivity contribution in [3.05, 3.63) is 5.82 Å². The minimum Gasteiger partial charge on any atom is -0.462 e. The molecule has 1 saturated carbocycles. The number of aromatic nitrogens is 2. The van der Waals surface area contributed by atoms with Gasteiger partial charge in [0.15, 0.2) is 5.96 Å². The molecule has 0 unspecified atom stereocenters. The van der Waals surface area contributed by atoms with Crippen LogP contribution in [-0.2, 0) is 16.0 Å². The molecule has 8 nitrogen and oxygen atoms in total. The average molecular weight is 551 g/mol. The number of nitrogens with one attached hydrogen (secondary N) is 1. The number of piperazine rings is 1. The van der Waals surface area contributed by atoms with Crippen LogP contribution in [-0.4, -0.2) is 71.6 Å². The van der Waals surface area contributed by atoms with Crippen LogP contribution < -0.4 is 10.2 Å². The normalized spacial score (nSPS) is 17.7. The highest BCUT2D eigenvalue weighted by Crippen LogP contribution is 2.21. The molecular formula is C20H35IN6O2S. The van der Waals surface area contributed by atoms with Gasteiger partial charge in [-0.1, -0.05) is 6.92 Å². The van der Waals surface area contributed by atoms with Crippen molar-refractivity contribution in [2.45, 2.75) is 64.9 Å². The van der Waals surface area contributed by atoms with E-state index in [9.17, 15) is 4.79 Å². The maximum absolute atomic E-state index is 12.0. The van der Waals surface area contributed by atoms with Crippen LogP contribution in [0, 0.1) is 0 Å². The number of guanidine groups is 1. The number of halogens is 1. The molecule has 0 radical (unpaired) electrons. The third kappa shape index (κ3) is 7.51. The Bertz CT molecular complexity index is 672. The van der Waals surface area contributed by atoms with Gasteiger partial charge >= 0.3 is 5.97 Å². The number of nitrogens with zero attached hydrogens (tertiary/aromatic N) is 5. The summed E-state index contributed by atoms with van der Waals surface area (Å²) in [6, 6.07) is 0. The minimum absolute atomic E-state index is 0. The van der Waals surface area contributed by atoms with E-state index in [1.165, 1.54) is 24.4 Å². The highest BCUT2D eigenvalue weighted by Gasteiger charge is 2.22. The second-order valence-corrected chi connectivity index (χ2v) is 8.29. The van der Waals surface area contributed by atoms with E-state index in [0.717, 1.165) is 75.3 Å². The van der Waals surface area contributed by atoms with E-state index >= 15 is 0 Å². The standard InChI is InChI=1S/C20H34N6O2S.HI/c1-3-17-23-20(29-24-17)26-14-12-25(13-15-26)19(21-4-2)22-11-7-10-18(27)28-16-8-5-6-9-16;/h16H,3-15H2,1-2H3,(H,21,22);1H. The summed E-state index contributed by atoms with van der Waals surface area (Å²) in [5.74, 6) is 1.78. The van der Waals surface area contributed by atoms with E-state index in [1.54, 1.807) is 0 Å². The largest absolute Gasteiger partial charge is 0.462 e. The second kappa shape index (κ2) is 13.3. The highest BCUT2D eigenvalue weighted by atomic mass is 127. The summed E-state index contributed by atoms with van der Waals surface area (Å²) in [5, 5.41) is 4.40. The van der Waals surface area contributed by atoms with Crippen LogP contribution >= 0.6 is 35.5 Å². The smallest absolute Gasteiger partial charge is 0.306 e. The van der Waals surface area contributed by atoms with Gasteiger partial charge in [0.1, 0.15) is 11.9 Å². The van der Waals surface area contributed by atoms with Crippen molar-refractivity contribution < 1.29 is 9.53 Å². The zero-order chi connectivity index (χ0) is 20.5. The molecule has 0 bridgehead atoms. The van der Waals surface area contributed by atoms with Crippen molar-refractivity contribution in [2.24, 2.45) is 4.99 Å². The lowest BCUT2D eigenvalue weighted by atomic mass is 10.3. The molecule has 0 amide bonds. The first-order chi connectivity index (χ1) is 14.2. The third-order valence-corrected chi connectivity index (χ3v) is 6.17. The van der Waals surface area contributed by atoms with E-state index in [2.05, 4.69) is 38.3 Å². The Kier molecular flexibility index (Phi) is 11.1. The van der Waals surface area contributed by atoms with Gasteiger partial charge in [0, 0.05) is 63.6 Å². The minimum atomic E-state index is -0.0748. The molecule has 10 heteroatoms. The number of ether oxygens (including phenoxy) is 1. The van der Waals surface area contributed by atoms with Gasteiger partial charge in [-0.3, -0.25) is 9.79 Å². The van der Waals surface area contributed by atoms with Crippen molar-refractivity contribution in [1.29, 1.82) is 0 Å². The Morgan fingerprint density at radius 1 is 1.23 bits per heavy atom. The molecule has 1 N–H and O–H groups in total. The van der Waals surface area contributed by atoms with Gasteiger partial charge in [-0.2, -0.15) is 4.37 Å². The molecule has 0 spiro atoms. The molecule has 1 aromatic heterocycles. The van der Waals surface area contributed by atoms with Gasteiger partial charge in [0.25, 0.3) is 0 Å². The summed E-state index contributed by atoms with van der Waals surface area (Å²) < 4.78 is 9.91. The second-order valence-electron chi connectivity index (χ2n) is 7.56. The predicted molar refractivity (Wildman–Crippen MR) is 132 cm³/mol. The van der Waals surface area contributed by atoms with Crippen LogP contribution in [0.3, 0.4) is 0 Å². The van der Waals surface area contributed by atoms with Crippen molar-refractivity contribution >= 4 is 52.6 Å². The monoisotopic (exact) mass is 550 g/mol. The number of rotatable bonds is 8. The molecule has 0 atom stereocenters. The topological polar surface area (TPSA) is 83.0 Å². The van der Waals surface area contributed by atoms with Crippen molar-refractivity contribution in [3.8, 4) is 0 Å². The molecule has 2 heterocycles. The summed E-state index contributed by atoms with van der Waals surface area (Å²) >= 11 is 1.49. The van der Waals surface area contributed by atoms with E-state index in [-0.39, 0.29) is 36.0 Å². The lowest BCUT2D eigenvalue weighted by Crippen LogP contribution is -2.52. The van der Waals surface area contributed by atoms with Gasteiger partial charge in [-0.05, 0) is 39.0 Å². The Labute approximate surface area is 201 Å². The number of anilines is 1. The number of carbonyl (C=O) groups is 1. The first-order valence-corrected chi connectivity index (χ1v) is 11.8. The van der Waals surface area contributed by atoms with Gasteiger partial charge in [0.05, 0.1) is 0 Å². The van der Waals surface area contributed by atoms with Crippen LogP contribution in [0.5, 0.6) is 0 Å². The molecular weight excluding hydrogens is 515 g/mol. The molecule has 1 saturated heterocycles. The number of hydrogen-bond acceptors (Lipinski definition) is 7. The molecule has 170 valence electrons. The highest BCUT2D eigenvalue weighted by molar-refractivity contribution is 14.0. The molecule has 0 aromatic carbocycles. The first-order valence-electron chi connectivity index (χ1n) is 11.0. The number of hydrogen-bond donors (Lipinski definition) is 1. The fourth-order valence-electron chi connectivity index (χ4n) is 3.71. The van der Waals surface area contributed by atoms with Crippen LogP contribution in [0.4, 0.5) is 5.13 Å². The Balaban J connectivity index is 0.00000320. The molecule has 1 aromatic rings. The van der Waals surface area contributed by atoms with Crippen molar-refractivity contribution in [2.75, 3.05) is 44.2 Å². The number of aliphatic imine (C=N–C) groups is 1. The molecule has 2 fully saturated rings. The SMILES string of the molecule is CCNC(=NCCCC(=O)OC1CCCC1)N1CCN(c2nc(CC)ns2)CC1.I. The summed E-state index contributed by atoms with van der Waals surface area (Å²) in [6.45, 7) is 9.26. The summed E-state index contributed by atoms with van der Waals surface area (Å²) in [4.78, 5) is 25.9. The summed E-state index contributed by atoms with van der Waals surface area (Å²) in [7, 11) is 0. The quantitative estimate of drug-likeness (QED) is 0.175. The van der Waals surface area contributed by atoms with Crippen LogP contribution in [0.1, 0.15) is 58.2 Å². The fraction of sp³-hybridized carbons (Fsp3) is 0.800. The van der Waals surface area contributed by atoms with Crippen LogP contribution in [0.2, 0.25) is 0 Å². The van der Waals surface area contributed by atoms with E-state index in [4.69, 9.17) is 9.73 Å². The predicted octanol–water partition coefficient (Wildman–Crippen LogP) is 3.07. The Morgan fingerprint density at radius 3 is 2.60 bits per heavy atom. The average Bonchev–Trinajstić information content (AvgIpc) is 3.42. The van der Waals surface area contributed by atoms with Gasteiger partial charge in [0.2, 0.25) is 5.13 Å². The van der Waals surface area contributed by atoms with Crippen molar-refractivity contribution in [3.63, 3.8) is 0 Å². The van der Waals surface area contributed by atoms with E-state index in [1.807, 2.05) is 0 Å². The molecule has 2 aliphatic rings. The fourth-order valence-corrected chi connectivity index (χ4v) is 4.51. The summed E-state index contributed by atoms with van der Waals surface area (Å²) in [5.41, 5.74) is 0. The molecule has 1 aliphatic carbocycles. The number of aryl methyl sites for hydroxylation is 1. The lowest BCUT2D eigenvalue weighted by Gasteiger charge is -2.36. The third-order valence-electron chi connectivity index (χ3n) is 5.36.